The summed E-state index contributed by atoms with van der Waals surface area (Å²) < 4.78 is 5.34. The lowest BCUT2D eigenvalue weighted by molar-refractivity contribution is 0.1000. The SMILES string of the molecule is C1CC(SCCC2CNC2)CCO1. The van der Waals surface area contributed by atoms with Crippen LogP contribution in [0.25, 0.3) is 0 Å². The molecule has 3 heteroatoms. The summed E-state index contributed by atoms with van der Waals surface area (Å²) in [6.07, 6.45) is 3.95. The summed E-state index contributed by atoms with van der Waals surface area (Å²) in [6.45, 7) is 4.49. The molecule has 0 radical (unpaired) electrons. The van der Waals surface area contributed by atoms with E-state index in [1.54, 1.807) is 0 Å². The van der Waals surface area contributed by atoms with Crippen molar-refractivity contribution in [1.82, 2.24) is 5.32 Å². The molecule has 0 aliphatic carbocycles. The van der Waals surface area contributed by atoms with Crippen molar-refractivity contribution in [2.75, 3.05) is 32.1 Å². The number of hydrogen-bond donors (Lipinski definition) is 1. The Bertz CT molecular complexity index is 144. The molecule has 2 aliphatic heterocycles. The van der Waals surface area contributed by atoms with Crippen molar-refractivity contribution in [3.8, 4) is 0 Å². The molecule has 0 aromatic rings. The summed E-state index contributed by atoms with van der Waals surface area (Å²) in [6, 6.07) is 0. The second kappa shape index (κ2) is 5.23. The van der Waals surface area contributed by atoms with Crippen molar-refractivity contribution in [2.24, 2.45) is 5.92 Å². The first-order valence-corrected chi connectivity index (χ1v) is 6.40. The van der Waals surface area contributed by atoms with Crippen LogP contribution in [0.5, 0.6) is 0 Å². The Kier molecular flexibility index (Phi) is 3.94. The van der Waals surface area contributed by atoms with Crippen LogP contribution in [-0.2, 0) is 4.74 Å². The number of ether oxygens (including phenoxy) is 1. The van der Waals surface area contributed by atoms with E-state index in [-0.39, 0.29) is 0 Å². The lowest BCUT2D eigenvalue weighted by Gasteiger charge is -2.28. The predicted octanol–water partition coefficient (Wildman–Crippen LogP) is 1.51. The number of hydrogen-bond acceptors (Lipinski definition) is 3. The van der Waals surface area contributed by atoms with Gasteiger partial charge in [-0.15, -0.1) is 0 Å². The van der Waals surface area contributed by atoms with Crippen molar-refractivity contribution in [1.29, 1.82) is 0 Å². The van der Waals surface area contributed by atoms with E-state index >= 15 is 0 Å². The average molecular weight is 201 g/mol. The molecule has 0 unspecified atom stereocenters. The van der Waals surface area contributed by atoms with Crippen molar-refractivity contribution >= 4 is 11.8 Å². The number of thioether (sulfide) groups is 1. The zero-order chi connectivity index (χ0) is 8.93. The van der Waals surface area contributed by atoms with Crippen molar-refractivity contribution in [2.45, 2.75) is 24.5 Å². The van der Waals surface area contributed by atoms with Crippen molar-refractivity contribution in [3.05, 3.63) is 0 Å². The fourth-order valence-corrected chi connectivity index (χ4v) is 3.13. The maximum absolute atomic E-state index is 5.34. The topological polar surface area (TPSA) is 21.3 Å². The van der Waals surface area contributed by atoms with Crippen LogP contribution in [0.15, 0.2) is 0 Å². The highest BCUT2D eigenvalue weighted by Gasteiger charge is 2.18. The Morgan fingerprint density at radius 1 is 1.23 bits per heavy atom. The minimum atomic E-state index is 0.891. The second-order valence-electron chi connectivity index (χ2n) is 4.00. The van der Waals surface area contributed by atoms with Gasteiger partial charge >= 0.3 is 0 Å². The summed E-state index contributed by atoms with van der Waals surface area (Å²) in [7, 11) is 0. The van der Waals surface area contributed by atoms with Gasteiger partial charge in [0.2, 0.25) is 0 Å². The Morgan fingerprint density at radius 3 is 2.62 bits per heavy atom. The number of nitrogens with one attached hydrogen (secondary N) is 1. The van der Waals surface area contributed by atoms with Gasteiger partial charge in [0.1, 0.15) is 0 Å². The molecule has 0 bridgehead atoms. The third-order valence-electron chi connectivity index (χ3n) is 2.91. The molecule has 0 atom stereocenters. The standard InChI is InChI=1S/C10H19NOS/c1-4-12-5-2-10(1)13-6-3-9-7-11-8-9/h9-11H,1-8H2. The smallest absolute Gasteiger partial charge is 0.0476 e. The zero-order valence-corrected chi connectivity index (χ0v) is 8.94. The van der Waals surface area contributed by atoms with Gasteiger partial charge < -0.3 is 10.1 Å². The van der Waals surface area contributed by atoms with E-state index in [2.05, 4.69) is 17.1 Å². The lowest BCUT2D eigenvalue weighted by Crippen LogP contribution is -2.42. The fraction of sp³-hybridized carbons (Fsp3) is 1.00. The van der Waals surface area contributed by atoms with Gasteiger partial charge in [0.05, 0.1) is 0 Å². The summed E-state index contributed by atoms with van der Waals surface area (Å²) in [4.78, 5) is 0. The Labute approximate surface area is 84.8 Å². The molecular formula is C10H19NOS. The molecule has 2 saturated heterocycles. The largest absolute Gasteiger partial charge is 0.381 e. The van der Waals surface area contributed by atoms with Gasteiger partial charge in [0.25, 0.3) is 0 Å². The Balaban J connectivity index is 1.50. The van der Waals surface area contributed by atoms with E-state index in [4.69, 9.17) is 4.74 Å². The molecule has 2 rings (SSSR count). The van der Waals surface area contributed by atoms with Crippen LogP contribution in [0.2, 0.25) is 0 Å². The normalized spacial score (nSPS) is 25.8. The molecule has 0 aromatic heterocycles. The highest BCUT2D eigenvalue weighted by molar-refractivity contribution is 7.99. The highest BCUT2D eigenvalue weighted by atomic mass is 32.2. The van der Waals surface area contributed by atoms with Gasteiger partial charge in [-0.05, 0) is 44.0 Å². The molecule has 2 fully saturated rings. The van der Waals surface area contributed by atoms with Crippen LogP contribution < -0.4 is 5.32 Å². The van der Waals surface area contributed by atoms with E-state index in [9.17, 15) is 0 Å². The molecule has 0 aromatic carbocycles. The van der Waals surface area contributed by atoms with Crippen LogP contribution in [0.1, 0.15) is 19.3 Å². The Hall–Kier alpha value is 0.270. The first-order chi connectivity index (χ1) is 6.45. The molecule has 2 aliphatic rings. The molecule has 2 nitrogen and oxygen atoms in total. The minimum Gasteiger partial charge on any atom is -0.381 e. The summed E-state index contributed by atoms with van der Waals surface area (Å²) >= 11 is 2.17. The second-order valence-corrected chi connectivity index (χ2v) is 5.40. The van der Waals surface area contributed by atoms with E-state index in [1.165, 1.54) is 38.1 Å². The molecule has 0 spiro atoms. The third-order valence-corrected chi connectivity index (χ3v) is 4.33. The zero-order valence-electron chi connectivity index (χ0n) is 8.13. The lowest BCUT2D eigenvalue weighted by atomic mass is 10.0. The van der Waals surface area contributed by atoms with Crippen LogP contribution in [0.4, 0.5) is 0 Å². The van der Waals surface area contributed by atoms with Gasteiger partial charge in [0, 0.05) is 18.5 Å². The van der Waals surface area contributed by atoms with E-state index in [0.29, 0.717) is 0 Å². The van der Waals surface area contributed by atoms with Crippen molar-refractivity contribution < 1.29 is 4.74 Å². The summed E-state index contributed by atoms with van der Waals surface area (Å²) in [5, 5.41) is 4.21. The Morgan fingerprint density at radius 2 is 2.00 bits per heavy atom. The van der Waals surface area contributed by atoms with Gasteiger partial charge in [-0.3, -0.25) is 0 Å². The molecule has 13 heavy (non-hydrogen) atoms. The van der Waals surface area contributed by atoms with Gasteiger partial charge in [-0.25, -0.2) is 0 Å². The molecule has 76 valence electrons. The molecule has 1 N–H and O–H groups in total. The third kappa shape index (κ3) is 3.15. The quantitative estimate of drug-likeness (QED) is 0.745. The molecular weight excluding hydrogens is 182 g/mol. The van der Waals surface area contributed by atoms with Crippen LogP contribution in [-0.4, -0.2) is 37.3 Å². The average Bonchev–Trinajstić information content (AvgIpc) is 2.11. The molecule has 0 amide bonds. The van der Waals surface area contributed by atoms with E-state index < -0.39 is 0 Å². The van der Waals surface area contributed by atoms with E-state index in [0.717, 1.165) is 24.4 Å². The van der Waals surface area contributed by atoms with Crippen LogP contribution >= 0.6 is 11.8 Å². The first-order valence-electron chi connectivity index (χ1n) is 5.35. The predicted molar refractivity (Wildman–Crippen MR) is 57.3 cm³/mol. The maximum Gasteiger partial charge on any atom is 0.0476 e. The number of rotatable bonds is 4. The van der Waals surface area contributed by atoms with Crippen LogP contribution in [0.3, 0.4) is 0 Å². The maximum atomic E-state index is 5.34. The van der Waals surface area contributed by atoms with E-state index in [1.807, 2.05) is 0 Å². The monoisotopic (exact) mass is 201 g/mol. The highest BCUT2D eigenvalue weighted by Crippen LogP contribution is 2.24. The fourth-order valence-electron chi connectivity index (χ4n) is 1.80. The summed E-state index contributed by atoms with van der Waals surface area (Å²) in [5.74, 6) is 2.34. The summed E-state index contributed by atoms with van der Waals surface area (Å²) in [5.41, 5.74) is 0. The van der Waals surface area contributed by atoms with Gasteiger partial charge in [-0.2, -0.15) is 11.8 Å². The van der Waals surface area contributed by atoms with Gasteiger partial charge in [0.15, 0.2) is 0 Å². The van der Waals surface area contributed by atoms with Crippen LogP contribution in [0, 0.1) is 5.92 Å². The minimum absolute atomic E-state index is 0.891. The van der Waals surface area contributed by atoms with Crippen molar-refractivity contribution in [3.63, 3.8) is 0 Å². The van der Waals surface area contributed by atoms with Gasteiger partial charge in [-0.1, -0.05) is 0 Å². The molecule has 0 saturated carbocycles. The molecule has 2 heterocycles. The first kappa shape index (κ1) is 9.81.